The average molecular weight is 291 g/mol. The summed E-state index contributed by atoms with van der Waals surface area (Å²) >= 11 is 0. The van der Waals surface area contributed by atoms with Gasteiger partial charge in [-0.15, -0.1) is 0 Å². The van der Waals surface area contributed by atoms with E-state index in [0.29, 0.717) is 23.9 Å². The van der Waals surface area contributed by atoms with E-state index < -0.39 is 0 Å². The monoisotopic (exact) mass is 291 g/mol. The highest BCUT2D eigenvalue weighted by Crippen LogP contribution is 2.26. The van der Waals surface area contributed by atoms with E-state index in [1.165, 1.54) is 6.07 Å². The van der Waals surface area contributed by atoms with Gasteiger partial charge in [0.05, 0.1) is 5.52 Å². The summed E-state index contributed by atoms with van der Waals surface area (Å²) in [6, 6.07) is 5.41. The van der Waals surface area contributed by atoms with E-state index in [0.717, 1.165) is 24.2 Å². The molecule has 1 unspecified atom stereocenters. The van der Waals surface area contributed by atoms with Gasteiger partial charge in [0.15, 0.2) is 5.82 Å². The van der Waals surface area contributed by atoms with Crippen molar-refractivity contribution in [3.63, 3.8) is 0 Å². The van der Waals surface area contributed by atoms with E-state index in [1.54, 1.807) is 6.07 Å². The van der Waals surface area contributed by atoms with Crippen LogP contribution < -0.4 is 5.73 Å². The molecule has 0 saturated heterocycles. The maximum absolute atomic E-state index is 14.0. The molecule has 0 amide bonds. The molecule has 21 heavy (non-hydrogen) atoms. The van der Waals surface area contributed by atoms with E-state index in [4.69, 9.17) is 5.73 Å². The second-order valence-electron chi connectivity index (χ2n) is 6.53. The third-order valence-corrected chi connectivity index (χ3v) is 3.87. The summed E-state index contributed by atoms with van der Waals surface area (Å²) in [5.74, 6) is 1.69. The molecule has 1 aromatic heterocycles. The van der Waals surface area contributed by atoms with Crippen molar-refractivity contribution in [1.29, 1.82) is 0 Å². The summed E-state index contributed by atoms with van der Waals surface area (Å²) in [5.41, 5.74) is 7.26. The predicted molar refractivity (Wildman–Crippen MR) is 85.8 cm³/mol. The van der Waals surface area contributed by atoms with Crippen LogP contribution in [0.2, 0.25) is 0 Å². The van der Waals surface area contributed by atoms with Crippen LogP contribution in [-0.2, 0) is 6.42 Å². The standard InChI is InChI=1S/C17H26FN3/c1-11(2)8-13(10-19)9-16-20-17-14(18)6-5-7-15(17)21(16)12(3)4/h5-7,11-13H,8-10,19H2,1-4H3. The average Bonchev–Trinajstić information content (AvgIpc) is 2.77. The Labute approximate surface area is 126 Å². The van der Waals surface area contributed by atoms with Gasteiger partial charge in [-0.05, 0) is 50.8 Å². The molecule has 4 heteroatoms. The number of hydrogen-bond donors (Lipinski definition) is 1. The van der Waals surface area contributed by atoms with Crippen LogP contribution in [-0.4, -0.2) is 16.1 Å². The number of imidazole rings is 1. The van der Waals surface area contributed by atoms with Gasteiger partial charge in [-0.1, -0.05) is 19.9 Å². The summed E-state index contributed by atoms with van der Waals surface area (Å²) in [6.45, 7) is 9.26. The summed E-state index contributed by atoms with van der Waals surface area (Å²) in [4.78, 5) is 4.56. The van der Waals surface area contributed by atoms with Crippen LogP contribution in [0.1, 0.15) is 46.0 Å². The van der Waals surface area contributed by atoms with Gasteiger partial charge in [0.2, 0.25) is 0 Å². The first kappa shape index (κ1) is 16.0. The Bertz CT molecular complexity index is 601. The van der Waals surface area contributed by atoms with E-state index >= 15 is 0 Å². The smallest absolute Gasteiger partial charge is 0.151 e. The zero-order valence-electron chi connectivity index (χ0n) is 13.4. The van der Waals surface area contributed by atoms with Crippen molar-refractivity contribution in [2.45, 2.75) is 46.6 Å². The predicted octanol–water partition coefficient (Wildman–Crippen LogP) is 3.92. The fourth-order valence-corrected chi connectivity index (χ4v) is 3.04. The fourth-order valence-electron chi connectivity index (χ4n) is 3.04. The van der Waals surface area contributed by atoms with Crippen LogP contribution in [0.25, 0.3) is 11.0 Å². The van der Waals surface area contributed by atoms with Gasteiger partial charge >= 0.3 is 0 Å². The van der Waals surface area contributed by atoms with Crippen molar-refractivity contribution in [3.05, 3.63) is 29.8 Å². The van der Waals surface area contributed by atoms with Crippen molar-refractivity contribution in [2.75, 3.05) is 6.54 Å². The van der Waals surface area contributed by atoms with Gasteiger partial charge in [-0.2, -0.15) is 0 Å². The molecule has 0 aliphatic carbocycles. The lowest BCUT2D eigenvalue weighted by Crippen LogP contribution is -2.21. The van der Waals surface area contributed by atoms with E-state index in [1.807, 2.05) is 6.07 Å². The second-order valence-corrected chi connectivity index (χ2v) is 6.53. The molecule has 0 saturated carbocycles. The highest BCUT2D eigenvalue weighted by Gasteiger charge is 2.19. The Balaban J connectivity index is 2.43. The number of rotatable bonds is 6. The van der Waals surface area contributed by atoms with E-state index in [2.05, 4.69) is 37.2 Å². The molecule has 1 aromatic carbocycles. The molecule has 1 atom stereocenters. The van der Waals surface area contributed by atoms with Crippen molar-refractivity contribution < 1.29 is 4.39 Å². The molecule has 3 nitrogen and oxygen atoms in total. The quantitative estimate of drug-likeness (QED) is 0.876. The van der Waals surface area contributed by atoms with Crippen LogP contribution in [0, 0.1) is 17.7 Å². The Morgan fingerprint density at radius 2 is 1.95 bits per heavy atom. The zero-order chi connectivity index (χ0) is 15.6. The zero-order valence-corrected chi connectivity index (χ0v) is 13.4. The third kappa shape index (κ3) is 3.43. The Hall–Kier alpha value is -1.42. The second kappa shape index (κ2) is 6.56. The van der Waals surface area contributed by atoms with Crippen LogP contribution in [0.3, 0.4) is 0 Å². The lowest BCUT2D eigenvalue weighted by molar-refractivity contribution is 0.400. The molecule has 0 spiro atoms. The van der Waals surface area contributed by atoms with Gasteiger partial charge in [-0.3, -0.25) is 0 Å². The number of aromatic nitrogens is 2. The maximum Gasteiger partial charge on any atom is 0.151 e. The fraction of sp³-hybridized carbons (Fsp3) is 0.588. The van der Waals surface area contributed by atoms with E-state index in [-0.39, 0.29) is 11.9 Å². The third-order valence-electron chi connectivity index (χ3n) is 3.87. The van der Waals surface area contributed by atoms with Crippen molar-refractivity contribution in [2.24, 2.45) is 17.6 Å². The van der Waals surface area contributed by atoms with Gasteiger partial charge in [0.1, 0.15) is 11.3 Å². The number of nitrogens with two attached hydrogens (primary N) is 1. The van der Waals surface area contributed by atoms with Crippen LogP contribution >= 0.6 is 0 Å². The number of hydrogen-bond acceptors (Lipinski definition) is 2. The van der Waals surface area contributed by atoms with E-state index in [9.17, 15) is 4.39 Å². The molecule has 2 rings (SSSR count). The Morgan fingerprint density at radius 1 is 1.24 bits per heavy atom. The largest absolute Gasteiger partial charge is 0.330 e. The van der Waals surface area contributed by atoms with Crippen molar-refractivity contribution >= 4 is 11.0 Å². The molecule has 1 heterocycles. The molecular weight excluding hydrogens is 265 g/mol. The summed E-state index contributed by atoms with van der Waals surface area (Å²) in [6.07, 6.45) is 1.88. The lowest BCUT2D eigenvalue weighted by atomic mass is 9.94. The first-order valence-electron chi connectivity index (χ1n) is 7.79. The number of halogens is 1. The van der Waals surface area contributed by atoms with Gasteiger partial charge in [0.25, 0.3) is 0 Å². The first-order valence-corrected chi connectivity index (χ1v) is 7.79. The molecule has 2 aromatic rings. The summed E-state index contributed by atoms with van der Waals surface area (Å²) in [5, 5.41) is 0. The molecule has 0 aliphatic rings. The summed E-state index contributed by atoms with van der Waals surface area (Å²) < 4.78 is 16.1. The molecule has 0 aliphatic heterocycles. The topological polar surface area (TPSA) is 43.8 Å². The van der Waals surface area contributed by atoms with Crippen molar-refractivity contribution in [3.8, 4) is 0 Å². The minimum absolute atomic E-state index is 0.249. The van der Waals surface area contributed by atoms with Crippen LogP contribution in [0.5, 0.6) is 0 Å². The highest BCUT2D eigenvalue weighted by atomic mass is 19.1. The van der Waals surface area contributed by atoms with Gasteiger partial charge < -0.3 is 10.3 Å². The number of fused-ring (bicyclic) bond motifs is 1. The Morgan fingerprint density at radius 3 is 2.52 bits per heavy atom. The maximum atomic E-state index is 14.0. The van der Waals surface area contributed by atoms with Crippen LogP contribution in [0.4, 0.5) is 4.39 Å². The highest BCUT2D eigenvalue weighted by molar-refractivity contribution is 5.76. The first-order chi connectivity index (χ1) is 9.93. The Kier molecular flexibility index (Phi) is 4.99. The SMILES string of the molecule is CC(C)CC(CN)Cc1nc2c(F)cccc2n1C(C)C. The lowest BCUT2D eigenvalue weighted by Gasteiger charge is -2.19. The van der Waals surface area contributed by atoms with Crippen molar-refractivity contribution in [1.82, 2.24) is 9.55 Å². The molecule has 0 radical (unpaired) electrons. The normalized spacial score (nSPS) is 13.5. The van der Waals surface area contributed by atoms with Gasteiger partial charge in [-0.25, -0.2) is 9.37 Å². The minimum atomic E-state index is -0.249. The number of benzene rings is 1. The number of nitrogens with zero attached hydrogens (tertiary/aromatic N) is 2. The minimum Gasteiger partial charge on any atom is -0.330 e. The summed E-state index contributed by atoms with van der Waals surface area (Å²) in [7, 11) is 0. The van der Waals surface area contributed by atoms with Gasteiger partial charge in [0, 0.05) is 12.5 Å². The molecule has 2 N–H and O–H groups in total. The molecule has 0 fully saturated rings. The molecule has 0 bridgehead atoms. The van der Waals surface area contributed by atoms with Crippen LogP contribution in [0.15, 0.2) is 18.2 Å². The molecular formula is C17H26FN3. The number of para-hydroxylation sites is 1. The molecule has 116 valence electrons.